The summed E-state index contributed by atoms with van der Waals surface area (Å²) < 4.78 is 10.8. The average molecular weight is 142 g/mol. The van der Waals surface area contributed by atoms with E-state index in [1.54, 1.807) is 0 Å². The van der Waals surface area contributed by atoms with Gasteiger partial charge in [0.15, 0.2) is 0 Å². The van der Waals surface area contributed by atoms with E-state index in [1.165, 1.54) is 0 Å². The summed E-state index contributed by atoms with van der Waals surface area (Å²) in [6, 6.07) is 0. The lowest BCUT2D eigenvalue weighted by Crippen LogP contribution is -2.31. The first-order valence-corrected chi connectivity index (χ1v) is 3.55. The maximum atomic E-state index is 5.39. The van der Waals surface area contributed by atoms with Gasteiger partial charge in [0.05, 0.1) is 0 Å². The van der Waals surface area contributed by atoms with E-state index in [4.69, 9.17) is 9.47 Å². The van der Waals surface area contributed by atoms with Crippen LogP contribution in [-0.2, 0) is 9.47 Å². The first-order chi connectivity index (χ1) is 4.54. The molecule has 10 heavy (non-hydrogen) atoms. The van der Waals surface area contributed by atoms with Crippen molar-refractivity contribution < 1.29 is 9.47 Å². The highest BCUT2D eigenvalue weighted by atomic mass is 16.7. The molecule has 0 aliphatic carbocycles. The molecule has 2 heteroatoms. The van der Waals surface area contributed by atoms with Gasteiger partial charge in [-0.05, 0) is 0 Å². The summed E-state index contributed by atoms with van der Waals surface area (Å²) in [6.45, 7) is 10.3. The molecule has 0 amide bonds. The molecule has 0 saturated carbocycles. The zero-order chi connectivity index (χ0) is 7.78. The smallest absolute Gasteiger partial charge is 0.210 e. The van der Waals surface area contributed by atoms with Crippen LogP contribution in [0.2, 0.25) is 0 Å². The lowest BCUT2D eigenvalue weighted by Gasteiger charge is -2.26. The lowest BCUT2D eigenvalue weighted by molar-refractivity contribution is -0.164. The molecule has 0 aromatic carbocycles. The van der Waals surface area contributed by atoms with Gasteiger partial charge in [-0.1, -0.05) is 20.4 Å². The fraction of sp³-hybridized carbons (Fsp3) is 0.750. The second-order valence-electron chi connectivity index (χ2n) is 3.10. The van der Waals surface area contributed by atoms with Gasteiger partial charge in [0, 0.05) is 12.8 Å². The van der Waals surface area contributed by atoms with Crippen LogP contribution < -0.4 is 0 Å². The second-order valence-corrected chi connectivity index (χ2v) is 3.10. The van der Waals surface area contributed by atoms with Gasteiger partial charge >= 0.3 is 0 Å². The molecule has 0 radical (unpaired) electrons. The fourth-order valence-corrected chi connectivity index (χ4v) is 0.854. The van der Waals surface area contributed by atoms with Crippen molar-refractivity contribution in [3.63, 3.8) is 0 Å². The van der Waals surface area contributed by atoms with E-state index in [-0.39, 0.29) is 0 Å². The van der Waals surface area contributed by atoms with Crippen molar-refractivity contribution in [2.24, 2.45) is 5.92 Å². The Kier molecular flexibility index (Phi) is 1.73. The molecular weight excluding hydrogens is 128 g/mol. The van der Waals surface area contributed by atoms with Crippen molar-refractivity contribution >= 4 is 0 Å². The van der Waals surface area contributed by atoms with E-state index in [0.29, 0.717) is 12.5 Å². The van der Waals surface area contributed by atoms with Crippen LogP contribution in [0.5, 0.6) is 0 Å². The summed E-state index contributed by atoms with van der Waals surface area (Å²) in [5, 5.41) is 0. The topological polar surface area (TPSA) is 18.5 Å². The third-order valence-corrected chi connectivity index (χ3v) is 1.92. The molecule has 1 saturated heterocycles. The molecule has 0 spiro atoms. The Hall–Kier alpha value is -0.500. The van der Waals surface area contributed by atoms with Gasteiger partial charge in [0.25, 0.3) is 0 Å². The highest BCUT2D eigenvalue weighted by molar-refractivity contribution is 4.92. The molecule has 1 fully saturated rings. The van der Waals surface area contributed by atoms with Crippen LogP contribution in [0.15, 0.2) is 12.3 Å². The summed E-state index contributed by atoms with van der Waals surface area (Å²) >= 11 is 0. The molecule has 0 bridgehead atoms. The van der Waals surface area contributed by atoms with Gasteiger partial charge in [-0.3, -0.25) is 0 Å². The number of ether oxygens (including phenoxy) is 2. The Bertz CT molecular complexity index is 151. The molecule has 1 unspecified atom stereocenters. The van der Waals surface area contributed by atoms with Gasteiger partial charge in [-0.15, -0.1) is 0 Å². The van der Waals surface area contributed by atoms with E-state index < -0.39 is 5.79 Å². The van der Waals surface area contributed by atoms with Crippen molar-refractivity contribution in [2.45, 2.75) is 26.6 Å². The van der Waals surface area contributed by atoms with E-state index in [0.717, 1.165) is 5.76 Å². The molecule has 1 atom stereocenters. The minimum absolute atomic E-state index is 0.367. The number of hydrogen-bond acceptors (Lipinski definition) is 2. The number of hydrogen-bond donors (Lipinski definition) is 0. The van der Waals surface area contributed by atoms with Crippen LogP contribution in [0.25, 0.3) is 0 Å². The van der Waals surface area contributed by atoms with Gasteiger partial charge in [-0.2, -0.15) is 0 Å². The van der Waals surface area contributed by atoms with E-state index in [2.05, 4.69) is 20.4 Å². The van der Waals surface area contributed by atoms with E-state index in [9.17, 15) is 0 Å². The maximum absolute atomic E-state index is 5.39. The fourth-order valence-electron chi connectivity index (χ4n) is 0.854. The summed E-state index contributed by atoms with van der Waals surface area (Å²) in [4.78, 5) is 0. The molecule has 1 heterocycles. The Morgan fingerprint density at radius 3 is 2.40 bits per heavy atom. The zero-order valence-electron chi connectivity index (χ0n) is 6.81. The largest absolute Gasteiger partial charge is 0.465 e. The molecule has 1 aliphatic rings. The first kappa shape index (κ1) is 7.61. The summed E-state index contributed by atoms with van der Waals surface area (Å²) in [6.07, 6.45) is 0. The van der Waals surface area contributed by atoms with Crippen LogP contribution in [-0.4, -0.2) is 12.4 Å². The Morgan fingerprint density at radius 1 is 1.60 bits per heavy atom. The molecule has 2 nitrogen and oxygen atoms in total. The first-order valence-electron chi connectivity index (χ1n) is 3.55. The molecule has 58 valence electrons. The van der Waals surface area contributed by atoms with Crippen LogP contribution in [0.4, 0.5) is 0 Å². The highest BCUT2D eigenvalue weighted by Gasteiger charge is 2.36. The van der Waals surface area contributed by atoms with Crippen molar-refractivity contribution in [2.75, 3.05) is 6.61 Å². The van der Waals surface area contributed by atoms with Gasteiger partial charge in [0.1, 0.15) is 12.4 Å². The van der Waals surface area contributed by atoms with Gasteiger partial charge < -0.3 is 9.47 Å². The molecule has 0 N–H and O–H groups in total. The predicted octanol–water partition coefficient (Wildman–Crippen LogP) is 1.92. The standard InChI is InChI=1S/C8H14O2/c1-6(2)8(4)9-5-7(3)10-8/h6H,3,5H2,1-2,4H3. The quantitative estimate of drug-likeness (QED) is 0.557. The number of rotatable bonds is 1. The third kappa shape index (κ3) is 1.16. The minimum Gasteiger partial charge on any atom is -0.465 e. The van der Waals surface area contributed by atoms with E-state index >= 15 is 0 Å². The van der Waals surface area contributed by atoms with Crippen molar-refractivity contribution in [1.82, 2.24) is 0 Å². The molecule has 0 aromatic heterocycles. The molecule has 1 rings (SSSR count). The molecule has 1 aliphatic heterocycles. The Labute approximate surface area is 61.8 Å². The predicted molar refractivity (Wildman–Crippen MR) is 39.4 cm³/mol. The Balaban J connectivity index is 2.63. The van der Waals surface area contributed by atoms with Gasteiger partial charge in [-0.25, -0.2) is 0 Å². The highest BCUT2D eigenvalue weighted by Crippen LogP contribution is 2.31. The van der Waals surface area contributed by atoms with Crippen LogP contribution in [0.1, 0.15) is 20.8 Å². The van der Waals surface area contributed by atoms with Crippen molar-refractivity contribution in [1.29, 1.82) is 0 Å². The molecular formula is C8H14O2. The average Bonchev–Trinajstić information content (AvgIpc) is 2.13. The van der Waals surface area contributed by atoms with Crippen molar-refractivity contribution in [3.8, 4) is 0 Å². The van der Waals surface area contributed by atoms with Crippen LogP contribution in [0, 0.1) is 5.92 Å². The lowest BCUT2D eigenvalue weighted by atomic mass is 10.1. The minimum atomic E-state index is -0.433. The SMILES string of the molecule is C=C1COC(C)(C(C)C)O1. The zero-order valence-corrected chi connectivity index (χ0v) is 6.81. The van der Waals surface area contributed by atoms with Crippen molar-refractivity contribution in [3.05, 3.63) is 12.3 Å². The summed E-state index contributed by atoms with van der Waals surface area (Å²) in [5.74, 6) is 0.667. The van der Waals surface area contributed by atoms with Gasteiger partial charge in [0.2, 0.25) is 5.79 Å². The monoisotopic (exact) mass is 142 g/mol. The summed E-state index contributed by atoms with van der Waals surface area (Å²) in [7, 11) is 0. The second kappa shape index (κ2) is 2.27. The summed E-state index contributed by atoms with van der Waals surface area (Å²) in [5.41, 5.74) is 0. The van der Waals surface area contributed by atoms with Crippen LogP contribution >= 0.6 is 0 Å². The normalized spacial score (nSPS) is 33.0. The Morgan fingerprint density at radius 2 is 2.20 bits per heavy atom. The van der Waals surface area contributed by atoms with E-state index in [1.807, 2.05) is 6.92 Å². The third-order valence-electron chi connectivity index (χ3n) is 1.92. The van der Waals surface area contributed by atoms with Crippen LogP contribution in [0.3, 0.4) is 0 Å². The maximum Gasteiger partial charge on any atom is 0.210 e. The molecule has 0 aromatic rings.